The zero-order chi connectivity index (χ0) is 36.5. The number of likely N-dealkylation sites (N-methyl/N-ethyl adjacent to an activating group) is 1. The molecule has 4 rings (SSSR count). The number of nitrogens with zero attached hydrogens (tertiary/aromatic N) is 2. The van der Waals surface area contributed by atoms with Gasteiger partial charge >= 0.3 is 0 Å². The topological polar surface area (TPSA) is 157 Å². The van der Waals surface area contributed by atoms with E-state index in [0.29, 0.717) is 32.2 Å². The van der Waals surface area contributed by atoms with Gasteiger partial charge in [0, 0.05) is 20.0 Å². The van der Waals surface area contributed by atoms with Crippen LogP contribution in [0.25, 0.3) is 0 Å². The first-order valence-electron chi connectivity index (χ1n) is 17.7. The number of para-hydroxylation sites is 1. The Bertz CT molecular complexity index is 1550. The van der Waals surface area contributed by atoms with Crippen molar-refractivity contribution >= 4 is 41.1 Å². The zero-order valence-corrected chi connectivity index (χ0v) is 30.0. The second kappa shape index (κ2) is 17.3. The highest BCUT2D eigenvalue weighted by atomic mass is 16.2. The number of fused-ring (bicyclic) bond motifs is 2. The number of carbonyl (C=O) groups is 6. The molecule has 0 bridgehead atoms. The lowest BCUT2D eigenvalue weighted by Gasteiger charge is -2.39. The van der Waals surface area contributed by atoms with Crippen LogP contribution in [0.3, 0.4) is 0 Å². The quantitative estimate of drug-likeness (QED) is 0.365. The summed E-state index contributed by atoms with van der Waals surface area (Å²) in [5.74, 6) is -3.24. The van der Waals surface area contributed by atoms with Crippen LogP contribution in [0.2, 0.25) is 0 Å². The van der Waals surface area contributed by atoms with Crippen LogP contribution < -0.4 is 21.3 Å². The molecular weight excluding hydrogens is 636 g/mol. The van der Waals surface area contributed by atoms with Gasteiger partial charge in [-0.15, -0.1) is 0 Å². The van der Waals surface area contributed by atoms with Crippen LogP contribution >= 0.6 is 0 Å². The maximum Gasteiger partial charge on any atom is 0.256 e. The molecule has 0 spiro atoms. The van der Waals surface area contributed by atoms with Crippen molar-refractivity contribution in [2.75, 3.05) is 18.9 Å². The molecule has 2 aromatic rings. The molecule has 4 N–H and O–H groups in total. The molecule has 270 valence electrons. The molecule has 0 radical (unpaired) electrons. The van der Waals surface area contributed by atoms with Crippen LogP contribution in [-0.2, 0) is 30.4 Å². The summed E-state index contributed by atoms with van der Waals surface area (Å²) in [7, 11) is 1.56. The second-order valence-electron chi connectivity index (χ2n) is 14.0. The third-order valence-electron chi connectivity index (χ3n) is 9.74. The zero-order valence-electron chi connectivity index (χ0n) is 30.0. The Balaban J connectivity index is 1.79. The van der Waals surface area contributed by atoms with E-state index in [1.165, 1.54) is 16.7 Å². The lowest BCUT2D eigenvalue weighted by atomic mass is 9.96. The molecule has 6 atom stereocenters. The van der Waals surface area contributed by atoms with Crippen LogP contribution in [0.5, 0.6) is 0 Å². The number of anilines is 1. The van der Waals surface area contributed by atoms with Crippen molar-refractivity contribution in [3.05, 3.63) is 65.7 Å². The van der Waals surface area contributed by atoms with Gasteiger partial charge < -0.3 is 31.1 Å². The Labute approximate surface area is 295 Å². The van der Waals surface area contributed by atoms with Gasteiger partial charge in [0.25, 0.3) is 5.91 Å². The third kappa shape index (κ3) is 9.28. The molecule has 1 unspecified atom stereocenters. The smallest absolute Gasteiger partial charge is 0.256 e. The summed E-state index contributed by atoms with van der Waals surface area (Å²) in [6, 6.07) is 10.9. The number of amides is 6. The summed E-state index contributed by atoms with van der Waals surface area (Å²) < 4.78 is 0. The van der Waals surface area contributed by atoms with Crippen molar-refractivity contribution in [2.24, 2.45) is 11.8 Å². The van der Waals surface area contributed by atoms with Crippen molar-refractivity contribution < 1.29 is 28.8 Å². The Hall–Kier alpha value is -4.74. The first-order valence-corrected chi connectivity index (χ1v) is 17.7. The molecule has 50 heavy (non-hydrogen) atoms. The lowest BCUT2D eigenvalue weighted by Crippen LogP contribution is -2.59. The van der Waals surface area contributed by atoms with Gasteiger partial charge in [-0.3, -0.25) is 28.8 Å². The standard InChI is InChI=1S/C38H52N6O6/c1-7-24(4)32-36(48)40-28-18-12-11-17-27(28)37(49)44-20-14-13-19-30(44)38(50)43(6)31(21-23(2)3)35(47)39-25(5)33(45)41-29(34(46)42-32)22-26-15-9-8-10-16-26/h8-12,15-18,23-25,29-32H,7,13-14,19-22H2,1-6H3,(H,39,47)(H,40,48)(H,41,45)(H,42,46)/t24-,25-,29?,30+,31+,32-/m1/s1. The highest BCUT2D eigenvalue weighted by molar-refractivity contribution is 6.07. The predicted molar refractivity (Wildman–Crippen MR) is 191 cm³/mol. The summed E-state index contributed by atoms with van der Waals surface area (Å²) in [6.07, 6.45) is 2.86. The fourth-order valence-corrected chi connectivity index (χ4v) is 6.54. The van der Waals surface area contributed by atoms with Gasteiger partial charge in [-0.25, -0.2) is 0 Å². The molecule has 2 aliphatic rings. The number of carbonyl (C=O) groups excluding carboxylic acids is 6. The maximum absolute atomic E-state index is 14.2. The molecule has 2 aromatic carbocycles. The van der Waals surface area contributed by atoms with Gasteiger partial charge in [-0.2, -0.15) is 0 Å². The molecule has 2 heterocycles. The van der Waals surface area contributed by atoms with E-state index in [1.807, 2.05) is 58.0 Å². The Morgan fingerprint density at radius 3 is 2.16 bits per heavy atom. The van der Waals surface area contributed by atoms with E-state index in [1.54, 1.807) is 31.3 Å². The average molecular weight is 689 g/mol. The Morgan fingerprint density at radius 2 is 1.48 bits per heavy atom. The third-order valence-corrected chi connectivity index (χ3v) is 9.74. The summed E-state index contributed by atoms with van der Waals surface area (Å²) in [6.45, 7) is 9.48. The molecule has 0 aliphatic carbocycles. The summed E-state index contributed by atoms with van der Waals surface area (Å²) in [4.78, 5) is 86.6. The molecule has 2 aliphatic heterocycles. The number of rotatable bonds is 6. The van der Waals surface area contributed by atoms with Crippen LogP contribution in [0.1, 0.15) is 82.6 Å². The summed E-state index contributed by atoms with van der Waals surface area (Å²) in [5.41, 5.74) is 1.26. The number of benzene rings is 2. The first kappa shape index (κ1) is 38.1. The van der Waals surface area contributed by atoms with Gasteiger partial charge in [-0.05, 0) is 62.1 Å². The van der Waals surface area contributed by atoms with Crippen molar-refractivity contribution in [2.45, 2.75) is 103 Å². The fourth-order valence-electron chi connectivity index (χ4n) is 6.54. The van der Waals surface area contributed by atoms with E-state index in [9.17, 15) is 28.8 Å². The highest BCUT2D eigenvalue weighted by Crippen LogP contribution is 2.26. The van der Waals surface area contributed by atoms with Crippen LogP contribution in [0, 0.1) is 11.8 Å². The van der Waals surface area contributed by atoms with Crippen LogP contribution in [0.15, 0.2) is 54.6 Å². The monoisotopic (exact) mass is 688 g/mol. The van der Waals surface area contributed by atoms with E-state index < -0.39 is 59.7 Å². The van der Waals surface area contributed by atoms with E-state index >= 15 is 0 Å². The van der Waals surface area contributed by atoms with Gasteiger partial charge in [0.05, 0.1) is 11.3 Å². The lowest BCUT2D eigenvalue weighted by molar-refractivity contribution is -0.144. The molecule has 0 saturated carbocycles. The minimum absolute atomic E-state index is 0.0312. The number of piperidine rings is 1. The summed E-state index contributed by atoms with van der Waals surface area (Å²) >= 11 is 0. The van der Waals surface area contributed by atoms with Gasteiger partial charge in [0.2, 0.25) is 29.5 Å². The molecule has 0 aromatic heterocycles. The van der Waals surface area contributed by atoms with Crippen LogP contribution in [-0.4, -0.2) is 89.0 Å². The van der Waals surface area contributed by atoms with Crippen molar-refractivity contribution in [3.63, 3.8) is 0 Å². The largest absolute Gasteiger partial charge is 0.343 e. The average Bonchev–Trinajstić information content (AvgIpc) is 3.11. The predicted octanol–water partition coefficient (Wildman–Crippen LogP) is 3.27. The van der Waals surface area contributed by atoms with Gasteiger partial charge in [0.1, 0.15) is 30.2 Å². The molecular formula is C38H52N6O6. The van der Waals surface area contributed by atoms with E-state index in [-0.39, 0.29) is 35.4 Å². The SMILES string of the molecule is CC[C@@H](C)[C@H]1NC(=O)C(Cc2ccccc2)NC(=O)[C@@H](C)NC(=O)[C@H](CC(C)C)N(C)C(=O)[C@@H]2CCCCN2C(=O)c2ccccc2NC1=O. The maximum atomic E-state index is 14.2. The number of hydrogen-bond donors (Lipinski definition) is 4. The van der Waals surface area contributed by atoms with E-state index in [2.05, 4.69) is 21.3 Å². The van der Waals surface area contributed by atoms with Crippen molar-refractivity contribution in [3.8, 4) is 0 Å². The Kier molecular flexibility index (Phi) is 13.1. The van der Waals surface area contributed by atoms with E-state index in [4.69, 9.17) is 0 Å². The summed E-state index contributed by atoms with van der Waals surface area (Å²) in [5, 5.41) is 11.3. The second-order valence-corrected chi connectivity index (χ2v) is 14.0. The molecule has 1 saturated heterocycles. The number of hydrogen-bond acceptors (Lipinski definition) is 6. The van der Waals surface area contributed by atoms with Crippen molar-refractivity contribution in [1.82, 2.24) is 25.8 Å². The van der Waals surface area contributed by atoms with Crippen molar-refractivity contribution in [1.29, 1.82) is 0 Å². The van der Waals surface area contributed by atoms with Gasteiger partial charge in [0.15, 0.2) is 0 Å². The minimum atomic E-state index is -1.08. The molecule has 6 amide bonds. The highest BCUT2D eigenvalue weighted by Gasteiger charge is 2.40. The van der Waals surface area contributed by atoms with Gasteiger partial charge in [-0.1, -0.05) is 76.6 Å². The first-order chi connectivity index (χ1) is 23.8. The fraction of sp³-hybridized carbons (Fsp3) is 0.526. The minimum Gasteiger partial charge on any atom is -0.343 e. The molecule has 12 heteroatoms. The normalized spacial score (nSPS) is 25.2. The molecule has 12 nitrogen and oxygen atoms in total. The number of nitrogens with one attached hydrogen (secondary N) is 4. The Morgan fingerprint density at radius 1 is 0.800 bits per heavy atom. The molecule has 1 fully saturated rings. The van der Waals surface area contributed by atoms with E-state index in [0.717, 1.165) is 12.0 Å². The van der Waals surface area contributed by atoms with Crippen LogP contribution in [0.4, 0.5) is 5.69 Å².